The van der Waals surface area contributed by atoms with Crippen molar-refractivity contribution in [3.63, 3.8) is 0 Å². The molecule has 2 heterocycles. The summed E-state index contributed by atoms with van der Waals surface area (Å²) in [5.41, 5.74) is 2.78. The van der Waals surface area contributed by atoms with Crippen molar-refractivity contribution < 1.29 is 32.5 Å². The second kappa shape index (κ2) is 10.9. The molecule has 1 amide bonds. The molecule has 1 saturated carbocycles. The molecule has 2 fully saturated rings. The Labute approximate surface area is 220 Å². The van der Waals surface area contributed by atoms with E-state index in [1.165, 1.54) is 12.1 Å². The Hall–Kier alpha value is -3.14. The predicted octanol–water partition coefficient (Wildman–Crippen LogP) is 5.99. The number of rotatable bonds is 6. The molecule has 1 unspecified atom stereocenters. The third kappa shape index (κ3) is 6.28. The number of piperidine rings is 1. The standard InChI is InChI=1S/C28H34F3N3O4/c1-17-8-10-34(11-9-17)16-19-12-21(18-4-2-3-5-18)24(35)14-22(19)33-27(36)26-15-32-23-13-20(38-28(29,30)31)6-7-25(23)37-26/h6-7,12-14,17-18,26,32,35H,2-5,8-11,15-16H2,1H3,(H,33,36). The van der Waals surface area contributed by atoms with E-state index in [4.69, 9.17) is 4.74 Å². The predicted molar refractivity (Wildman–Crippen MR) is 138 cm³/mol. The summed E-state index contributed by atoms with van der Waals surface area (Å²) in [6, 6.07) is 7.38. The number of ether oxygens (including phenoxy) is 2. The molecule has 0 aromatic heterocycles. The zero-order chi connectivity index (χ0) is 26.9. The Morgan fingerprint density at radius 1 is 1.16 bits per heavy atom. The van der Waals surface area contributed by atoms with E-state index in [1.54, 1.807) is 6.07 Å². The fourth-order valence-electron chi connectivity index (χ4n) is 5.63. The zero-order valence-electron chi connectivity index (χ0n) is 21.4. The van der Waals surface area contributed by atoms with Gasteiger partial charge in [0.1, 0.15) is 17.2 Å². The van der Waals surface area contributed by atoms with Gasteiger partial charge in [0.05, 0.1) is 12.2 Å². The lowest BCUT2D eigenvalue weighted by Gasteiger charge is -2.31. The Kier molecular flexibility index (Phi) is 7.61. The van der Waals surface area contributed by atoms with E-state index in [1.807, 2.05) is 0 Å². The van der Waals surface area contributed by atoms with Gasteiger partial charge in [-0.25, -0.2) is 0 Å². The van der Waals surface area contributed by atoms with Gasteiger partial charge in [0.2, 0.25) is 0 Å². The van der Waals surface area contributed by atoms with Crippen molar-refractivity contribution in [3.8, 4) is 17.2 Å². The first-order valence-electron chi connectivity index (χ1n) is 13.3. The van der Waals surface area contributed by atoms with E-state index in [0.717, 1.165) is 68.8 Å². The molecule has 1 aliphatic carbocycles. The van der Waals surface area contributed by atoms with Crippen LogP contribution in [0.4, 0.5) is 24.5 Å². The topological polar surface area (TPSA) is 83.1 Å². The lowest BCUT2D eigenvalue weighted by atomic mass is 9.93. The molecule has 7 nitrogen and oxygen atoms in total. The Morgan fingerprint density at radius 2 is 1.89 bits per heavy atom. The van der Waals surface area contributed by atoms with E-state index in [2.05, 4.69) is 33.3 Å². The first-order valence-corrected chi connectivity index (χ1v) is 13.3. The van der Waals surface area contributed by atoms with Crippen LogP contribution < -0.4 is 20.1 Å². The number of fused-ring (bicyclic) bond motifs is 1. The average Bonchev–Trinajstić information content (AvgIpc) is 3.40. The van der Waals surface area contributed by atoms with Crippen LogP contribution in [0.1, 0.15) is 62.5 Å². The molecule has 0 bridgehead atoms. The van der Waals surface area contributed by atoms with Crippen LogP contribution in [-0.4, -0.2) is 48.0 Å². The summed E-state index contributed by atoms with van der Waals surface area (Å²) in [6.45, 7) is 4.99. The van der Waals surface area contributed by atoms with Crippen molar-refractivity contribution in [2.45, 2.75) is 70.4 Å². The van der Waals surface area contributed by atoms with Crippen LogP contribution in [-0.2, 0) is 11.3 Å². The molecule has 206 valence electrons. The van der Waals surface area contributed by atoms with Crippen LogP contribution in [0.2, 0.25) is 0 Å². The van der Waals surface area contributed by atoms with Gasteiger partial charge in [-0.2, -0.15) is 0 Å². The van der Waals surface area contributed by atoms with Gasteiger partial charge in [0.25, 0.3) is 5.91 Å². The highest BCUT2D eigenvalue weighted by Gasteiger charge is 2.33. The minimum atomic E-state index is -4.80. The Morgan fingerprint density at radius 3 is 2.61 bits per heavy atom. The number of carbonyl (C=O) groups excluding carboxylic acids is 1. The molecule has 3 N–H and O–H groups in total. The number of halogens is 3. The first kappa shape index (κ1) is 26.5. The maximum absolute atomic E-state index is 13.2. The third-order valence-electron chi connectivity index (χ3n) is 7.80. The zero-order valence-corrected chi connectivity index (χ0v) is 21.4. The molecular weight excluding hydrogens is 499 g/mol. The van der Waals surface area contributed by atoms with Gasteiger partial charge >= 0.3 is 6.36 Å². The van der Waals surface area contributed by atoms with Crippen molar-refractivity contribution in [2.24, 2.45) is 5.92 Å². The summed E-state index contributed by atoms with van der Waals surface area (Å²) in [7, 11) is 0. The number of aromatic hydroxyl groups is 1. The maximum Gasteiger partial charge on any atom is 0.573 e. The minimum Gasteiger partial charge on any atom is -0.508 e. The summed E-state index contributed by atoms with van der Waals surface area (Å²) in [4.78, 5) is 15.6. The lowest BCUT2D eigenvalue weighted by Crippen LogP contribution is -2.41. The van der Waals surface area contributed by atoms with E-state index in [-0.39, 0.29) is 23.8 Å². The van der Waals surface area contributed by atoms with Gasteiger partial charge in [-0.05, 0) is 79.9 Å². The van der Waals surface area contributed by atoms with Gasteiger partial charge in [0.15, 0.2) is 6.10 Å². The number of anilines is 2. The summed E-state index contributed by atoms with van der Waals surface area (Å²) in [6.07, 6.45) is 0.969. The molecule has 2 aromatic carbocycles. The van der Waals surface area contributed by atoms with Crippen molar-refractivity contribution in [1.82, 2.24) is 4.90 Å². The molecule has 10 heteroatoms. The molecule has 0 spiro atoms. The fraction of sp³-hybridized carbons (Fsp3) is 0.536. The molecule has 0 radical (unpaired) electrons. The number of hydrogen-bond acceptors (Lipinski definition) is 6. The molecule has 3 aliphatic rings. The number of carbonyl (C=O) groups is 1. The van der Waals surface area contributed by atoms with Crippen molar-refractivity contribution in [1.29, 1.82) is 0 Å². The average molecular weight is 534 g/mol. The highest BCUT2D eigenvalue weighted by atomic mass is 19.4. The second-order valence-corrected chi connectivity index (χ2v) is 10.7. The van der Waals surface area contributed by atoms with Gasteiger partial charge in [-0.15, -0.1) is 13.2 Å². The quantitative estimate of drug-likeness (QED) is 0.423. The van der Waals surface area contributed by atoms with E-state index in [9.17, 15) is 23.1 Å². The van der Waals surface area contributed by atoms with Crippen LogP contribution in [0.3, 0.4) is 0 Å². The van der Waals surface area contributed by atoms with Crippen LogP contribution in [0.15, 0.2) is 30.3 Å². The van der Waals surface area contributed by atoms with E-state index in [0.29, 0.717) is 29.8 Å². The number of benzene rings is 2. The van der Waals surface area contributed by atoms with Crippen LogP contribution in [0.5, 0.6) is 17.2 Å². The maximum atomic E-state index is 13.2. The molecule has 5 rings (SSSR count). The van der Waals surface area contributed by atoms with Gasteiger partial charge in [-0.1, -0.05) is 19.8 Å². The minimum absolute atomic E-state index is 0.0692. The normalized spacial score (nSPS) is 20.9. The highest BCUT2D eigenvalue weighted by molar-refractivity contribution is 5.96. The summed E-state index contributed by atoms with van der Waals surface area (Å²) in [5, 5.41) is 16.8. The van der Waals surface area contributed by atoms with E-state index < -0.39 is 18.4 Å². The fourth-order valence-corrected chi connectivity index (χ4v) is 5.63. The van der Waals surface area contributed by atoms with E-state index >= 15 is 0 Å². The smallest absolute Gasteiger partial charge is 0.508 e. The van der Waals surface area contributed by atoms with Gasteiger partial charge in [-0.3, -0.25) is 9.69 Å². The number of alkyl halides is 3. The van der Waals surface area contributed by atoms with Crippen molar-refractivity contribution in [2.75, 3.05) is 30.3 Å². The van der Waals surface area contributed by atoms with Crippen molar-refractivity contribution >= 4 is 17.3 Å². The Balaban J connectivity index is 1.32. The lowest BCUT2D eigenvalue weighted by molar-refractivity contribution is -0.274. The number of phenols is 1. The monoisotopic (exact) mass is 533 g/mol. The number of likely N-dealkylation sites (tertiary alicyclic amines) is 1. The number of amides is 1. The second-order valence-electron chi connectivity index (χ2n) is 10.7. The number of phenolic OH excluding ortho intramolecular Hbond substituents is 1. The third-order valence-corrected chi connectivity index (χ3v) is 7.80. The van der Waals surface area contributed by atoms with Crippen LogP contribution in [0, 0.1) is 5.92 Å². The van der Waals surface area contributed by atoms with Crippen LogP contribution in [0.25, 0.3) is 0 Å². The van der Waals surface area contributed by atoms with Gasteiger partial charge in [0, 0.05) is 24.4 Å². The Bertz CT molecular complexity index is 1160. The highest BCUT2D eigenvalue weighted by Crippen LogP contribution is 2.41. The molecule has 2 aliphatic heterocycles. The van der Waals surface area contributed by atoms with Crippen molar-refractivity contribution in [3.05, 3.63) is 41.5 Å². The summed E-state index contributed by atoms with van der Waals surface area (Å²) in [5.74, 6) is 0.703. The molecule has 1 atom stereocenters. The molecular formula is C28H34F3N3O4. The van der Waals surface area contributed by atoms with Gasteiger partial charge < -0.3 is 25.2 Å². The number of nitrogens with zero attached hydrogens (tertiary/aromatic N) is 1. The summed E-state index contributed by atoms with van der Waals surface area (Å²) < 4.78 is 47.4. The number of hydrogen-bond donors (Lipinski definition) is 3. The first-order chi connectivity index (χ1) is 18.1. The number of nitrogens with one attached hydrogen (secondary N) is 2. The molecule has 2 aromatic rings. The SMILES string of the molecule is CC1CCN(Cc2cc(C3CCCC3)c(O)cc2NC(=O)C2CNc3cc(OC(F)(F)F)ccc3O2)CC1. The molecule has 38 heavy (non-hydrogen) atoms. The molecule has 1 saturated heterocycles. The summed E-state index contributed by atoms with van der Waals surface area (Å²) >= 11 is 0. The largest absolute Gasteiger partial charge is 0.573 e. The van der Waals surface area contributed by atoms with Crippen LogP contribution >= 0.6 is 0 Å².